The number of carbonyl (C=O) groups is 1. The van der Waals surface area contributed by atoms with Crippen LogP contribution in [-0.4, -0.2) is 16.2 Å². The summed E-state index contributed by atoms with van der Waals surface area (Å²) in [6, 6.07) is 36.8. The van der Waals surface area contributed by atoms with E-state index in [1.165, 1.54) is 0 Å². The lowest BCUT2D eigenvalue weighted by Crippen LogP contribution is -2.53. The van der Waals surface area contributed by atoms with E-state index in [-0.39, 0.29) is 18.9 Å². The summed E-state index contributed by atoms with van der Waals surface area (Å²) in [6.45, 7) is 0.572. The number of aromatic nitrogens is 1. The summed E-state index contributed by atoms with van der Waals surface area (Å²) >= 11 is 0. The van der Waals surface area contributed by atoms with E-state index in [1.54, 1.807) is 0 Å². The first-order valence-corrected chi connectivity index (χ1v) is 13.0. The molecule has 1 aliphatic rings. The SMILES string of the molecule is Cn1c2c(c3cc(OCc4ccccc4)ccc31)C(CC#N)=N[N+](OCc1ccccc1)(c1ccccc1)C2=O. The number of rotatable bonds is 8. The number of aryl methyl sites for hydroxylation is 1. The molecule has 5 aromatic rings. The van der Waals surface area contributed by atoms with Gasteiger partial charge < -0.3 is 9.30 Å². The van der Waals surface area contributed by atoms with Crippen molar-refractivity contribution in [2.45, 2.75) is 19.6 Å². The van der Waals surface area contributed by atoms with Gasteiger partial charge in [0.15, 0.2) is 5.69 Å². The minimum Gasteiger partial charge on any atom is -0.489 e. The first-order chi connectivity index (χ1) is 19.6. The zero-order valence-corrected chi connectivity index (χ0v) is 22.0. The molecule has 0 aliphatic carbocycles. The van der Waals surface area contributed by atoms with Gasteiger partial charge in [-0.2, -0.15) is 10.1 Å². The Bertz CT molecular complexity index is 1760. The molecule has 196 valence electrons. The van der Waals surface area contributed by atoms with Crippen LogP contribution < -0.4 is 9.49 Å². The van der Waals surface area contributed by atoms with Crippen LogP contribution in [0, 0.1) is 11.3 Å². The fourth-order valence-corrected chi connectivity index (χ4v) is 5.11. The zero-order chi connectivity index (χ0) is 27.5. The standard InChI is InChI=1S/C33H27N4O3/c1-36-30-18-17-27(39-22-24-11-5-2-6-12-24)21-28(30)31-29(19-20-34)35-37(33(38)32(31)36,26-15-9-4-10-16-26)40-23-25-13-7-3-8-14-25/h2-18,21H,19,22-23H2,1H3/q+1. The summed E-state index contributed by atoms with van der Waals surface area (Å²) in [6.07, 6.45) is 0.00994. The van der Waals surface area contributed by atoms with Gasteiger partial charge in [0, 0.05) is 40.4 Å². The van der Waals surface area contributed by atoms with Crippen molar-refractivity contribution in [3.05, 3.63) is 132 Å². The highest BCUT2D eigenvalue weighted by atomic mass is 16.8. The highest BCUT2D eigenvalue weighted by Crippen LogP contribution is 2.39. The highest BCUT2D eigenvalue weighted by Gasteiger charge is 2.51. The van der Waals surface area contributed by atoms with E-state index in [0.717, 1.165) is 22.0 Å². The van der Waals surface area contributed by atoms with Gasteiger partial charge in [-0.25, -0.2) is 4.79 Å². The summed E-state index contributed by atoms with van der Waals surface area (Å²) in [5, 5.41) is 15.5. The van der Waals surface area contributed by atoms with Gasteiger partial charge in [-0.05, 0) is 34.4 Å². The van der Waals surface area contributed by atoms with Crippen LogP contribution in [-0.2, 0) is 25.1 Å². The molecule has 40 heavy (non-hydrogen) atoms. The van der Waals surface area contributed by atoms with E-state index in [9.17, 15) is 10.1 Å². The molecule has 0 saturated carbocycles. The minimum atomic E-state index is -0.721. The molecule has 0 bridgehead atoms. The van der Waals surface area contributed by atoms with Crippen LogP contribution in [0.5, 0.6) is 5.75 Å². The van der Waals surface area contributed by atoms with Crippen molar-refractivity contribution in [1.82, 2.24) is 9.32 Å². The van der Waals surface area contributed by atoms with Gasteiger partial charge in [0.05, 0.1) is 12.5 Å². The molecule has 1 aromatic heterocycles. The van der Waals surface area contributed by atoms with Gasteiger partial charge in [0.2, 0.25) is 5.69 Å². The van der Waals surface area contributed by atoms with Gasteiger partial charge in [0.1, 0.15) is 24.7 Å². The third-order valence-corrected chi connectivity index (χ3v) is 7.06. The fourth-order valence-electron chi connectivity index (χ4n) is 5.11. The maximum Gasteiger partial charge on any atom is 0.427 e. The Morgan fingerprint density at radius 3 is 2.12 bits per heavy atom. The van der Waals surface area contributed by atoms with Crippen LogP contribution >= 0.6 is 0 Å². The number of hydroxylamine groups is 1. The van der Waals surface area contributed by atoms with Gasteiger partial charge in [-0.3, -0.25) is 0 Å². The van der Waals surface area contributed by atoms with Crippen LogP contribution in [0.15, 0.2) is 114 Å². The third-order valence-electron chi connectivity index (χ3n) is 7.06. The Hall–Kier alpha value is -5.03. The Morgan fingerprint density at radius 1 is 0.850 bits per heavy atom. The number of ether oxygens (including phenoxy) is 1. The van der Waals surface area contributed by atoms with E-state index in [2.05, 4.69) is 6.07 Å². The number of para-hydroxylation sites is 1. The van der Waals surface area contributed by atoms with Crippen LogP contribution in [0.3, 0.4) is 0 Å². The average molecular weight is 528 g/mol. The summed E-state index contributed by atoms with van der Waals surface area (Å²) in [5.74, 6) is 0.340. The van der Waals surface area contributed by atoms with Crippen molar-refractivity contribution >= 4 is 28.2 Å². The molecule has 6 rings (SSSR count). The predicted molar refractivity (Wildman–Crippen MR) is 154 cm³/mol. The number of benzene rings is 4. The van der Waals surface area contributed by atoms with Crippen LogP contribution in [0.1, 0.15) is 33.6 Å². The number of nitriles is 1. The lowest BCUT2D eigenvalue weighted by atomic mass is 10.0. The Balaban J connectivity index is 1.48. The molecule has 1 unspecified atom stereocenters. The minimum absolute atomic E-state index is 0.00994. The monoisotopic (exact) mass is 527 g/mol. The van der Waals surface area contributed by atoms with Crippen molar-refractivity contribution in [3.8, 4) is 11.8 Å². The Kier molecular flexibility index (Phi) is 6.71. The number of hydrogen-bond acceptors (Lipinski definition) is 5. The topological polar surface area (TPSA) is 76.6 Å². The van der Waals surface area contributed by atoms with Gasteiger partial charge in [-0.15, -0.1) is 0 Å². The molecule has 4 aromatic carbocycles. The quantitative estimate of drug-likeness (QED) is 0.211. The predicted octanol–water partition coefficient (Wildman–Crippen LogP) is 6.67. The van der Waals surface area contributed by atoms with Crippen LogP contribution in [0.2, 0.25) is 0 Å². The van der Waals surface area contributed by atoms with Crippen molar-refractivity contribution in [3.63, 3.8) is 0 Å². The number of hydrogen-bond donors (Lipinski definition) is 0. The van der Waals surface area contributed by atoms with Crippen LogP contribution in [0.4, 0.5) is 5.69 Å². The molecule has 1 amide bonds. The van der Waals surface area contributed by atoms with E-state index in [4.69, 9.17) is 14.7 Å². The van der Waals surface area contributed by atoms with Crippen molar-refractivity contribution < 1.29 is 14.4 Å². The molecule has 0 fully saturated rings. The van der Waals surface area contributed by atoms with E-state index >= 15 is 0 Å². The highest BCUT2D eigenvalue weighted by molar-refractivity contribution is 6.23. The van der Waals surface area contributed by atoms with Gasteiger partial charge in [0.25, 0.3) is 0 Å². The lowest BCUT2D eigenvalue weighted by molar-refractivity contribution is -0.125. The number of carbonyl (C=O) groups excluding carboxylic acids is 1. The van der Waals surface area contributed by atoms with E-state index < -0.39 is 4.76 Å². The maximum absolute atomic E-state index is 14.5. The van der Waals surface area contributed by atoms with E-state index in [1.807, 2.05) is 121 Å². The van der Waals surface area contributed by atoms with Gasteiger partial charge >= 0.3 is 5.91 Å². The molecule has 7 heteroatoms. The maximum atomic E-state index is 14.5. The second kappa shape index (κ2) is 10.6. The molecule has 1 aliphatic heterocycles. The van der Waals surface area contributed by atoms with Gasteiger partial charge in [-0.1, -0.05) is 78.9 Å². The number of nitrogens with zero attached hydrogens (tertiary/aromatic N) is 4. The molecule has 0 saturated heterocycles. The summed E-state index contributed by atoms with van der Waals surface area (Å²) in [5.41, 5.74) is 4.92. The Morgan fingerprint density at radius 2 is 1.48 bits per heavy atom. The first kappa shape index (κ1) is 25.3. The van der Waals surface area contributed by atoms with Crippen molar-refractivity contribution in [2.75, 3.05) is 0 Å². The number of quaternary nitrogens is 1. The molecule has 1 atom stereocenters. The molecule has 0 spiro atoms. The van der Waals surface area contributed by atoms with E-state index in [0.29, 0.717) is 35.0 Å². The fraction of sp³-hybridized carbons (Fsp3) is 0.121. The number of amides is 1. The molecule has 2 heterocycles. The molecule has 0 radical (unpaired) electrons. The summed E-state index contributed by atoms with van der Waals surface area (Å²) in [7, 11) is 1.86. The summed E-state index contributed by atoms with van der Waals surface area (Å²) < 4.78 is 7.23. The average Bonchev–Trinajstić information content (AvgIpc) is 3.30. The molecular formula is C33H27N4O3+. The molecule has 7 nitrogen and oxygen atoms in total. The largest absolute Gasteiger partial charge is 0.489 e. The number of fused-ring (bicyclic) bond motifs is 3. The lowest BCUT2D eigenvalue weighted by Gasteiger charge is -2.30. The van der Waals surface area contributed by atoms with Crippen LogP contribution in [0.25, 0.3) is 10.9 Å². The van der Waals surface area contributed by atoms with Crippen molar-refractivity contribution in [1.29, 1.82) is 5.26 Å². The smallest absolute Gasteiger partial charge is 0.427 e. The zero-order valence-electron chi connectivity index (χ0n) is 22.0. The van der Waals surface area contributed by atoms with Crippen molar-refractivity contribution in [2.24, 2.45) is 12.1 Å². The summed E-state index contributed by atoms with van der Waals surface area (Å²) in [4.78, 5) is 20.9. The second-order valence-electron chi connectivity index (χ2n) is 9.59. The molecular weight excluding hydrogens is 500 g/mol. The molecule has 0 N–H and O–H groups in total. The normalized spacial score (nSPS) is 16.3. The third kappa shape index (κ3) is 4.46. The Labute approximate surface area is 232 Å². The first-order valence-electron chi connectivity index (χ1n) is 13.0. The second-order valence-corrected chi connectivity index (χ2v) is 9.59.